The number of hydrogen-bond acceptors (Lipinski definition) is 5. The molecule has 0 unspecified atom stereocenters. The molecule has 3 amide bonds. The third kappa shape index (κ3) is 4.40. The lowest BCUT2D eigenvalue weighted by Gasteiger charge is -2.21. The molecule has 0 bridgehead atoms. The Kier molecular flexibility index (Phi) is 5.98. The number of aliphatic hydroxyl groups excluding tert-OH is 2. The van der Waals surface area contributed by atoms with Gasteiger partial charge in [-0.25, -0.2) is 4.79 Å². The maximum atomic E-state index is 12.7. The maximum absolute atomic E-state index is 12.7. The predicted molar refractivity (Wildman–Crippen MR) is 99.5 cm³/mol. The molecule has 27 heavy (non-hydrogen) atoms. The van der Waals surface area contributed by atoms with Gasteiger partial charge in [-0.05, 0) is 31.9 Å². The Morgan fingerprint density at radius 2 is 1.93 bits per heavy atom. The number of nitrogens with zero attached hydrogens (tertiary/aromatic N) is 1. The largest absolute Gasteiger partial charge is 0.388 e. The molecule has 4 atom stereocenters. The van der Waals surface area contributed by atoms with Crippen molar-refractivity contribution in [2.75, 3.05) is 18.0 Å². The van der Waals surface area contributed by atoms with E-state index in [0.717, 1.165) is 17.7 Å². The summed E-state index contributed by atoms with van der Waals surface area (Å²) in [5, 5.41) is 25.7. The molecule has 2 aliphatic rings. The van der Waals surface area contributed by atoms with Crippen LogP contribution < -0.4 is 15.5 Å². The van der Waals surface area contributed by atoms with Crippen LogP contribution in [0.4, 0.5) is 10.5 Å². The van der Waals surface area contributed by atoms with Gasteiger partial charge < -0.3 is 30.5 Å². The van der Waals surface area contributed by atoms with Gasteiger partial charge in [0.05, 0.1) is 12.5 Å². The Bertz CT molecular complexity index is 696. The zero-order chi connectivity index (χ0) is 19.6. The van der Waals surface area contributed by atoms with Crippen LogP contribution in [0.5, 0.6) is 0 Å². The van der Waals surface area contributed by atoms with Crippen molar-refractivity contribution >= 4 is 17.6 Å². The molecule has 8 nitrogen and oxygen atoms in total. The number of carbonyl (C=O) groups is 2. The van der Waals surface area contributed by atoms with E-state index in [-0.39, 0.29) is 30.9 Å². The van der Waals surface area contributed by atoms with Crippen LogP contribution in [0.1, 0.15) is 25.8 Å². The maximum Gasteiger partial charge on any atom is 0.315 e. The lowest BCUT2D eigenvalue weighted by molar-refractivity contribution is -0.122. The summed E-state index contributed by atoms with van der Waals surface area (Å²) in [4.78, 5) is 26.0. The van der Waals surface area contributed by atoms with Crippen molar-refractivity contribution in [1.29, 1.82) is 0 Å². The number of nitrogens with one attached hydrogen (secondary N) is 2. The van der Waals surface area contributed by atoms with Gasteiger partial charge in [0.15, 0.2) is 0 Å². The number of para-hydroxylation sites is 1. The second-order valence-electron chi connectivity index (χ2n) is 7.33. The number of fused-ring (bicyclic) bond motifs is 1. The Labute approximate surface area is 158 Å². The van der Waals surface area contributed by atoms with E-state index < -0.39 is 24.4 Å². The molecular formula is C19H27N3O5. The summed E-state index contributed by atoms with van der Waals surface area (Å²) in [6.07, 6.45) is -3.13. The summed E-state index contributed by atoms with van der Waals surface area (Å²) in [6, 6.07) is 7.35. The summed E-state index contributed by atoms with van der Waals surface area (Å²) in [5.41, 5.74) is 2.01. The molecule has 1 fully saturated rings. The molecule has 0 aliphatic carbocycles. The Hall–Kier alpha value is -2.16. The number of amides is 3. The monoisotopic (exact) mass is 377 g/mol. The SMILES string of the molecule is CC(C)NC(=O)NC[C@H]1O[C@@H](CC(=O)N2CCc3ccccc32)[C@H](O)[C@@H]1O. The first-order chi connectivity index (χ1) is 12.9. The summed E-state index contributed by atoms with van der Waals surface area (Å²) in [7, 11) is 0. The zero-order valence-electron chi connectivity index (χ0n) is 15.6. The van der Waals surface area contributed by atoms with Crippen molar-refractivity contribution in [2.45, 2.75) is 57.1 Å². The third-order valence-corrected chi connectivity index (χ3v) is 4.91. The van der Waals surface area contributed by atoms with Gasteiger partial charge in [-0.15, -0.1) is 0 Å². The average Bonchev–Trinajstić information content (AvgIpc) is 3.16. The van der Waals surface area contributed by atoms with Gasteiger partial charge in [0, 0.05) is 24.8 Å². The molecule has 4 N–H and O–H groups in total. The lowest BCUT2D eigenvalue weighted by atomic mass is 10.0. The molecule has 148 valence electrons. The first kappa shape index (κ1) is 19.6. The van der Waals surface area contributed by atoms with Gasteiger partial charge in [0.1, 0.15) is 18.3 Å². The van der Waals surface area contributed by atoms with E-state index in [2.05, 4.69) is 10.6 Å². The van der Waals surface area contributed by atoms with Crippen LogP contribution >= 0.6 is 0 Å². The van der Waals surface area contributed by atoms with Crippen LogP contribution in [0.2, 0.25) is 0 Å². The van der Waals surface area contributed by atoms with E-state index in [9.17, 15) is 19.8 Å². The smallest absolute Gasteiger partial charge is 0.315 e. The fraction of sp³-hybridized carbons (Fsp3) is 0.579. The predicted octanol–water partition coefficient (Wildman–Crippen LogP) is 0.163. The fourth-order valence-electron chi connectivity index (χ4n) is 3.55. The lowest BCUT2D eigenvalue weighted by Crippen LogP contribution is -2.45. The summed E-state index contributed by atoms with van der Waals surface area (Å²) < 4.78 is 5.67. The first-order valence-corrected chi connectivity index (χ1v) is 9.31. The highest BCUT2D eigenvalue weighted by atomic mass is 16.5. The number of hydrogen-bond donors (Lipinski definition) is 4. The number of urea groups is 1. The minimum Gasteiger partial charge on any atom is -0.388 e. The van der Waals surface area contributed by atoms with Crippen molar-refractivity contribution in [1.82, 2.24) is 10.6 Å². The van der Waals surface area contributed by atoms with E-state index in [0.29, 0.717) is 6.54 Å². The van der Waals surface area contributed by atoms with E-state index in [1.807, 2.05) is 38.1 Å². The molecule has 1 aromatic rings. The molecule has 2 aliphatic heterocycles. The van der Waals surface area contributed by atoms with Crippen molar-refractivity contribution < 1.29 is 24.5 Å². The van der Waals surface area contributed by atoms with Crippen LogP contribution in [-0.4, -0.2) is 65.7 Å². The molecule has 0 saturated carbocycles. The topological polar surface area (TPSA) is 111 Å². The molecule has 0 spiro atoms. The highest BCUT2D eigenvalue weighted by Gasteiger charge is 2.44. The van der Waals surface area contributed by atoms with Crippen LogP contribution in [-0.2, 0) is 16.0 Å². The van der Waals surface area contributed by atoms with E-state index in [4.69, 9.17) is 4.74 Å². The van der Waals surface area contributed by atoms with Crippen LogP contribution in [0, 0.1) is 0 Å². The van der Waals surface area contributed by atoms with E-state index in [1.165, 1.54) is 0 Å². The second-order valence-corrected chi connectivity index (χ2v) is 7.33. The van der Waals surface area contributed by atoms with Crippen LogP contribution in [0.3, 0.4) is 0 Å². The Morgan fingerprint density at radius 1 is 1.22 bits per heavy atom. The summed E-state index contributed by atoms with van der Waals surface area (Å²) >= 11 is 0. The highest BCUT2D eigenvalue weighted by molar-refractivity contribution is 5.95. The Morgan fingerprint density at radius 3 is 2.67 bits per heavy atom. The van der Waals surface area contributed by atoms with Gasteiger partial charge in [0.25, 0.3) is 0 Å². The van der Waals surface area contributed by atoms with Gasteiger partial charge in [-0.3, -0.25) is 4.79 Å². The normalized spacial score (nSPS) is 26.9. The molecule has 1 saturated heterocycles. The van der Waals surface area contributed by atoms with Crippen molar-refractivity contribution in [2.24, 2.45) is 0 Å². The van der Waals surface area contributed by atoms with E-state index in [1.54, 1.807) is 4.90 Å². The average molecular weight is 377 g/mol. The van der Waals surface area contributed by atoms with E-state index >= 15 is 0 Å². The number of rotatable bonds is 5. The van der Waals surface area contributed by atoms with Crippen molar-refractivity contribution in [3.8, 4) is 0 Å². The summed E-state index contributed by atoms with van der Waals surface area (Å²) in [5.74, 6) is -0.151. The molecule has 0 radical (unpaired) electrons. The summed E-state index contributed by atoms with van der Waals surface area (Å²) in [6.45, 7) is 4.32. The fourth-order valence-corrected chi connectivity index (χ4v) is 3.55. The molecule has 3 rings (SSSR count). The van der Waals surface area contributed by atoms with Crippen molar-refractivity contribution in [3.05, 3.63) is 29.8 Å². The number of benzene rings is 1. The third-order valence-electron chi connectivity index (χ3n) is 4.91. The number of carbonyl (C=O) groups excluding carboxylic acids is 2. The van der Waals surface area contributed by atoms with Gasteiger partial charge in [0.2, 0.25) is 5.91 Å². The second kappa shape index (κ2) is 8.24. The molecular weight excluding hydrogens is 350 g/mol. The van der Waals surface area contributed by atoms with Crippen LogP contribution in [0.15, 0.2) is 24.3 Å². The minimum absolute atomic E-state index is 0.0151. The number of anilines is 1. The highest BCUT2D eigenvalue weighted by Crippen LogP contribution is 2.30. The number of ether oxygens (including phenoxy) is 1. The first-order valence-electron chi connectivity index (χ1n) is 9.31. The van der Waals surface area contributed by atoms with Crippen molar-refractivity contribution in [3.63, 3.8) is 0 Å². The molecule has 0 aromatic heterocycles. The zero-order valence-corrected chi connectivity index (χ0v) is 15.6. The van der Waals surface area contributed by atoms with Gasteiger partial charge >= 0.3 is 6.03 Å². The van der Waals surface area contributed by atoms with Gasteiger partial charge in [-0.1, -0.05) is 18.2 Å². The minimum atomic E-state index is -1.17. The van der Waals surface area contributed by atoms with Crippen LogP contribution in [0.25, 0.3) is 0 Å². The Balaban J connectivity index is 1.55. The molecule has 8 heteroatoms. The van der Waals surface area contributed by atoms with Gasteiger partial charge in [-0.2, -0.15) is 0 Å². The standard InChI is InChI=1S/C19H27N3O5/c1-11(2)21-19(26)20-10-15-18(25)17(24)14(27-15)9-16(23)22-8-7-12-5-3-4-6-13(12)22/h3-6,11,14-15,17-18,24-25H,7-10H2,1-2H3,(H2,20,21,26)/t14-,15+,17-,18+/m0/s1. The molecule has 1 aromatic carbocycles. The molecule has 2 heterocycles. The quantitative estimate of drug-likeness (QED) is 0.584. The number of aliphatic hydroxyl groups is 2.